The molecule has 2 aromatic carbocycles. The second-order valence-electron chi connectivity index (χ2n) is 6.72. The molecule has 1 aromatic heterocycles. The molecule has 1 aliphatic heterocycles. The number of anilines is 1. The number of nitrogens with zero attached hydrogens (tertiary/aromatic N) is 1. The fourth-order valence-electron chi connectivity index (χ4n) is 3.34. The van der Waals surface area contributed by atoms with Gasteiger partial charge in [0.2, 0.25) is 0 Å². The van der Waals surface area contributed by atoms with Crippen LogP contribution in [0.1, 0.15) is 37.1 Å². The van der Waals surface area contributed by atoms with E-state index < -0.39 is 6.17 Å². The quantitative estimate of drug-likeness (QED) is 0.454. The molecule has 6 nitrogen and oxygen atoms in total. The van der Waals surface area contributed by atoms with Crippen LogP contribution in [0.15, 0.2) is 42.6 Å². The van der Waals surface area contributed by atoms with Gasteiger partial charge in [-0.1, -0.05) is 13.8 Å². The van der Waals surface area contributed by atoms with E-state index in [1.807, 2.05) is 55.3 Å². The van der Waals surface area contributed by atoms with Crippen molar-refractivity contribution in [1.29, 1.82) is 0 Å². The summed E-state index contributed by atoms with van der Waals surface area (Å²) in [4.78, 5) is 5.09. The Morgan fingerprint density at radius 3 is 2.65 bits per heavy atom. The molecule has 1 aliphatic rings. The Balaban J connectivity index is 1.80. The number of nitrogens with one attached hydrogen (secondary N) is 3. The maximum atomic E-state index is 10.4. The van der Waals surface area contributed by atoms with Gasteiger partial charge in [-0.3, -0.25) is 10.3 Å². The Morgan fingerprint density at radius 1 is 1.08 bits per heavy atom. The topological polar surface area (TPSA) is 83.5 Å². The van der Waals surface area contributed by atoms with Crippen LogP contribution >= 0.6 is 12.2 Å². The number of thiocarbonyl (C=S) groups is 1. The Labute approximate surface area is 156 Å². The van der Waals surface area contributed by atoms with E-state index in [9.17, 15) is 10.2 Å². The molecule has 1 fully saturated rings. The van der Waals surface area contributed by atoms with Crippen molar-refractivity contribution in [3.63, 3.8) is 0 Å². The molecule has 7 heteroatoms. The number of phenolic OH excluding ortho intramolecular Hbond substituents is 2. The molecule has 0 unspecified atom stereocenters. The van der Waals surface area contributed by atoms with Crippen molar-refractivity contribution in [3.05, 3.63) is 53.7 Å². The first kappa shape index (κ1) is 16.7. The van der Waals surface area contributed by atoms with Crippen LogP contribution in [0.3, 0.4) is 0 Å². The third kappa shape index (κ3) is 2.65. The van der Waals surface area contributed by atoms with Gasteiger partial charge in [-0.25, -0.2) is 5.43 Å². The second kappa shape index (κ2) is 6.19. The number of hydrogen-bond donors (Lipinski definition) is 5. The standard InChI is InChI=1S/C19H20N4O2S/c1-10(2)13-8-14(17(25)9-16(13)24)18-21-22-19(26)23(18)12-3-4-15-11(7-12)5-6-20-15/h3-10,18,20-21,24-25H,1-2H3,(H,22,26)/t18-/m1/s1. The van der Waals surface area contributed by atoms with E-state index in [2.05, 4.69) is 15.8 Å². The number of H-pyrrole nitrogens is 1. The Bertz CT molecular complexity index is 998. The summed E-state index contributed by atoms with van der Waals surface area (Å²) in [6, 6.07) is 11.2. The van der Waals surface area contributed by atoms with Gasteiger partial charge in [0.1, 0.15) is 17.7 Å². The molecule has 134 valence electrons. The lowest BCUT2D eigenvalue weighted by Gasteiger charge is -2.26. The SMILES string of the molecule is CC(C)c1cc([C@@H]2NNC(=S)N2c2ccc3[nH]ccc3c2)c(O)cc1O. The summed E-state index contributed by atoms with van der Waals surface area (Å²) in [6.07, 6.45) is 1.50. The van der Waals surface area contributed by atoms with E-state index >= 15 is 0 Å². The summed E-state index contributed by atoms with van der Waals surface area (Å²) in [5.74, 6) is 0.235. The van der Waals surface area contributed by atoms with Gasteiger partial charge in [0.05, 0.1) is 0 Å². The van der Waals surface area contributed by atoms with E-state index in [0.717, 1.165) is 22.2 Å². The van der Waals surface area contributed by atoms with Crippen LogP contribution in [0, 0.1) is 0 Å². The van der Waals surface area contributed by atoms with E-state index in [1.54, 1.807) is 0 Å². The van der Waals surface area contributed by atoms with E-state index in [1.165, 1.54) is 6.07 Å². The molecule has 0 spiro atoms. The number of rotatable bonds is 3. The lowest BCUT2D eigenvalue weighted by molar-refractivity contribution is 0.431. The average molecular weight is 368 g/mol. The average Bonchev–Trinajstić information content (AvgIpc) is 3.20. The number of aromatic amines is 1. The van der Waals surface area contributed by atoms with Crippen molar-refractivity contribution in [2.24, 2.45) is 0 Å². The molecule has 0 amide bonds. The van der Waals surface area contributed by atoms with Crippen LogP contribution in [0.2, 0.25) is 0 Å². The maximum Gasteiger partial charge on any atom is 0.189 e. The number of aromatic hydroxyl groups is 2. The molecule has 3 aromatic rings. The van der Waals surface area contributed by atoms with Crippen molar-refractivity contribution >= 4 is 33.9 Å². The molecule has 2 heterocycles. The highest BCUT2D eigenvalue weighted by Gasteiger charge is 2.33. The van der Waals surface area contributed by atoms with Gasteiger partial charge in [0.15, 0.2) is 5.11 Å². The van der Waals surface area contributed by atoms with Crippen molar-refractivity contribution in [2.45, 2.75) is 25.9 Å². The number of hydrogen-bond acceptors (Lipinski definition) is 4. The smallest absolute Gasteiger partial charge is 0.189 e. The highest BCUT2D eigenvalue weighted by atomic mass is 32.1. The maximum absolute atomic E-state index is 10.4. The molecule has 5 N–H and O–H groups in total. The molecule has 1 atom stereocenters. The van der Waals surface area contributed by atoms with Crippen molar-refractivity contribution in [2.75, 3.05) is 4.90 Å². The number of phenols is 2. The van der Waals surface area contributed by atoms with Crippen LogP contribution in [-0.2, 0) is 0 Å². The molecule has 1 saturated heterocycles. The molecule has 0 radical (unpaired) electrons. The zero-order chi connectivity index (χ0) is 18.4. The largest absolute Gasteiger partial charge is 0.508 e. The Kier molecular flexibility index (Phi) is 3.97. The summed E-state index contributed by atoms with van der Waals surface area (Å²) >= 11 is 5.47. The van der Waals surface area contributed by atoms with Crippen molar-refractivity contribution < 1.29 is 10.2 Å². The molecule has 26 heavy (non-hydrogen) atoms. The first-order valence-corrected chi connectivity index (χ1v) is 8.84. The van der Waals surface area contributed by atoms with Gasteiger partial charge in [0, 0.05) is 34.4 Å². The van der Waals surface area contributed by atoms with Crippen LogP contribution in [0.25, 0.3) is 10.9 Å². The summed E-state index contributed by atoms with van der Waals surface area (Å²) in [5.41, 5.74) is 9.48. The van der Waals surface area contributed by atoms with Crippen molar-refractivity contribution in [1.82, 2.24) is 15.8 Å². The van der Waals surface area contributed by atoms with Gasteiger partial charge in [-0.15, -0.1) is 0 Å². The van der Waals surface area contributed by atoms with Gasteiger partial charge in [-0.2, -0.15) is 0 Å². The highest BCUT2D eigenvalue weighted by molar-refractivity contribution is 7.80. The monoisotopic (exact) mass is 368 g/mol. The van der Waals surface area contributed by atoms with Crippen LogP contribution < -0.4 is 15.8 Å². The molecule has 0 aliphatic carbocycles. The van der Waals surface area contributed by atoms with E-state index in [-0.39, 0.29) is 17.4 Å². The highest BCUT2D eigenvalue weighted by Crippen LogP contribution is 2.39. The predicted molar refractivity (Wildman–Crippen MR) is 106 cm³/mol. The lowest BCUT2D eigenvalue weighted by Crippen LogP contribution is -2.29. The summed E-state index contributed by atoms with van der Waals surface area (Å²) in [7, 11) is 0. The number of hydrazine groups is 1. The first-order valence-electron chi connectivity index (χ1n) is 8.43. The molecule has 4 rings (SSSR count). The predicted octanol–water partition coefficient (Wildman–Crippen LogP) is 3.60. The lowest BCUT2D eigenvalue weighted by atomic mass is 9.97. The molecular formula is C19H20N4O2S. The van der Waals surface area contributed by atoms with Gasteiger partial charge in [-0.05, 0) is 54.0 Å². The van der Waals surface area contributed by atoms with Gasteiger partial charge < -0.3 is 15.2 Å². The third-order valence-corrected chi connectivity index (χ3v) is 5.00. The number of aromatic nitrogens is 1. The summed E-state index contributed by atoms with van der Waals surface area (Å²) in [5, 5.41) is 22.2. The molecule has 0 bridgehead atoms. The summed E-state index contributed by atoms with van der Waals surface area (Å²) < 4.78 is 0. The Hall–Kier alpha value is -2.77. The second-order valence-corrected chi connectivity index (χ2v) is 7.11. The zero-order valence-electron chi connectivity index (χ0n) is 14.4. The zero-order valence-corrected chi connectivity index (χ0v) is 15.3. The number of benzene rings is 2. The molecule has 0 saturated carbocycles. The summed E-state index contributed by atoms with van der Waals surface area (Å²) in [6.45, 7) is 4.00. The minimum atomic E-state index is -0.392. The van der Waals surface area contributed by atoms with Gasteiger partial charge in [0.25, 0.3) is 0 Å². The number of fused-ring (bicyclic) bond motifs is 1. The first-order chi connectivity index (χ1) is 12.5. The molecular weight excluding hydrogens is 348 g/mol. The van der Waals surface area contributed by atoms with E-state index in [0.29, 0.717) is 10.7 Å². The minimum absolute atomic E-state index is 0.0172. The third-order valence-electron chi connectivity index (χ3n) is 4.70. The van der Waals surface area contributed by atoms with Crippen LogP contribution in [0.5, 0.6) is 11.5 Å². The Morgan fingerprint density at radius 2 is 1.88 bits per heavy atom. The van der Waals surface area contributed by atoms with E-state index in [4.69, 9.17) is 12.2 Å². The van der Waals surface area contributed by atoms with Crippen molar-refractivity contribution in [3.8, 4) is 11.5 Å². The normalized spacial score (nSPS) is 17.3. The van der Waals surface area contributed by atoms with Crippen LogP contribution in [-0.4, -0.2) is 20.3 Å². The van der Waals surface area contributed by atoms with Crippen LogP contribution in [0.4, 0.5) is 5.69 Å². The fraction of sp³-hybridized carbons (Fsp3) is 0.211. The fourth-order valence-corrected chi connectivity index (χ4v) is 3.61. The minimum Gasteiger partial charge on any atom is -0.508 e. The van der Waals surface area contributed by atoms with Gasteiger partial charge >= 0.3 is 0 Å².